The fourth-order valence-corrected chi connectivity index (χ4v) is 1.87. The monoisotopic (exact) mass is 239 g/mol. The minimum Gasteiger partial charge on any atom is -0.453 e. The van der Waals surface area contributed by atoms with Gasteiger partial charge in [0.25, 0.3) is 0 Å². The van der Waals surface area contributed by atoms with Gasteiger partial charge in [-0.15, -0.1) is 0 Å². The van der Waals surface area contributed by atoms with E-state index < -0.39 is 0 Å². The van der Waals surface area contributed by atoms with Crippen molar-refractivity contribution in [3.63, 3.8) is 0 Å². The van der Waals surface area contributed by atoms with Crippen molar-refractivity contribution in [3.05, 3.63) is 48.3 Å². The number of benzene rings is 1. The lowest BCUT2D eigenvalue weighted by atomic mass is 10.2. The van der Waals surface area contributed by atoms with Crippen molar-refractivity contribution in [3.8, 4) is 11.6 Å². The number of fused-ring (bicyclic) bond motifs is 1. The maximum Gasteiger partial charge on any atom is 0.195 e. The molecular weight excluding hydrogens is 226 g/mol. The van der Waals surface area contributed by atoms with E-state index in [-0.39, 0.29) is 0 Å². The van der Waals surface area contributed by atoms with Crippen LogP contribution in [0.1, 0.15) is 5.56 Å². The maximum absolute atomic E-state index is 5.70. The molecule has 0 bridgehead atoms. The topological polar surface area (TPSA) is 64.9 Å². The highest BCUT2D eigenvalue weighted by Gasteiger charge is 2.08. The first kappa shape index (κ1) is 10.9. The fourth-order valence-electron chi connectivity index (χ4n) is 1.87. The molecule has 4 heteroatoms. The van der Waals surface area contributed by atoms with Crippen LogP contribution in [-0.4, -0.2) is 16.5 Å². The smallest absolute Gasteiger partial charge is 0.195 e. The Balaban J connectivity index is 1.98. The molecule has 0 amide bonds. The largest absolute Gasteiger partial charge is 0.453 e. The van der Waals surface area contributed by atoms with Crippen LogP contribution in [0, 0.1) is 0 Å². The molecule has 90 valence electrons. The highest BCUT2D eigenvalue weighted by Crippen LogP contribution is 2.24. The predicted octanol–water partition coefficient (Wildman–Crippen LogP) is 2.39. The number of nitrogens with two attached hydrogens (primary N) is 1. The zero-order chi connectivity index (χ0) is 12.4. The molecule has 0 aliphatic carbocycles. The van der Waals surface area contributed by atoms with Crippen LogP contribution < -0.4 is 5.73 Å². The molecule has 3 rings (SSSR count). The van der Waals surface area contributed by atoms with Crippen molar-refractivity contribution in [2.24, 2.45) is 5.73 Å². The first-order chi connectivity index (χ1) is 8.86. The van der Waals surface area contributed by atoms with E-state index in [9.17, 15) is 0 Å². The standard InChI is InChI=1S/C14H13N3O/c15-6-5-10-8-16-14(17-9-10)13-7-11-3-1-2-4-12(11)18-13/h1-4,7-9H,5-6,15H2. The highest BCUT2D eigenvalue weighted by molar-refractivity contribution is 5.81. The first-order valence-electron chi connectivity index (χ1n) is 5.87. The zero-order valence-corrected chi connectivity index (χ0v) is 9.84. The lowest BCUT2D eigenvalue weighted by Gasteiger charge is -1.98. The van der Waals surface area contributed by atoms with Crippen molar-refractivity contribution in [2.75, 3.05) is 6.54 Å². The van der Waals surface area contributed by atoms with Crippen molar-refractivity contribution >= 4 is 11.0 Å². The van der Waals surface area contributed by atoms with E-state index >= 15 is 0 Å². The van der Waals surface area contributed by atoms with Crippen LogP contribution in [0.5, 0.6) is 0 Å². The molecule has 0 radical (unpaired) electrons. The average molecular weight is 239 g/mol. The summed E-state index contributed by atoms with van der Waals surface area (Å²) in [4.78, 5) is 8.60. The van der Waals surface area contributed by atoms with Crippen LogP contribution in [0.2, 0.25) is 0 Å². The summed E-state index contributed by atoms with van der Waals surface area (Å²) in [5.74, 6) is 1.29. The molecule has 0 atom stereocenters. The van der Waals surface area contributed by atoms with Crippen LogP contribution >= 0.6 is 0 Å². The lowest BCUT2D eigenvalue weighted by molar-refractivity contribution is 0.625. The highest BCUT2D eigenvalue weighted by atomic mass is 16.3. The molecule has 3 aromatic rings. The molecule has 0 unspecified atom stereocenters. The van der Waals surface area contributed by atoms with Gasteiger partial charge >= 0.3 is 0 Å². The van der Waals surface area contributed by atoms with E-state index in [1.807, 2.05) is 30.3 Å². The molecule has 18 heavy (non-hydrogen) atoms. The van der Waals surface area contributed by atoms with Gasteiger partial charge in [-0.3, -0.25) is 0 Å². The molecule has 2 N–H and O–H groups in total. The molecule has 1 aromatic carbocycles. The summed E-state index contributed by atoms with van der Waals surface area (Å²) < 4.78 is 5.70. The number of para-hydroxylation sites is 1. The Labute approximate surface area is 104 Å². The number of furan rings is 1. The second kappa shape index (κ2) is 4.58. The summed E-state index contributed by atoms with van der Waals surface area (Å²) in [5, 5.41) is 1.06. The number of nitrogens with zero attached hydrogens (tertiary/aromatic N) is 2. The molecule has 0 saturated heterocycles. The second-order valence-electron chi connectivity index (χ2n) is 4.10. The van der Waals surface area contributed by atoms with Crippen LogP contribution in [0.4, 0.5) is 0 Å². The van der Waals surface area contributed by atoms with E-state index in [0.29, 0.717) is 18.1 Å². The molecule has 4 nitrogen and oxygen atoms in total. The van der Waals surface area contributed by atoms with Crippen molar-refractivity contribution < 1.29 is 4.42 Å². The summed E-state index contributed by atoms with van der Waals surface area (Å²) in [5.41, 5.74) is 7.38. The minimum absolute atomic E-state index is 0.604. The molecule has 0 aliphatic rings. The Hall–Kier alpha value is -2.20. The normalized spacial score (nSPS) is 10.9. The van der Waals surface area contributed by atoms with Gasteiger partial charge in [-0.1, -0.05) is 18.2 Å². The molecule has 0 fully saturated rings. The third-order valence-corrected chi connectivity index (χ3v) is 2.78. The molecule has 0 aliphatic heterocycles. The van der Waals surface area contributed by atoms with Gasteiger partial charge in [0.15, 0.2) is 11.6 Å². The van der Waals surface area contributed by atoms with Gasteiger partial charge in [0.1, 0.15) is 5.58 Å². The number of hydrogen-bond acceptors (Lipinski definition) is 4. The fraction of sp³-hybridized carbons (Fsp3) is 0.143. The second-order valence-corrected chi connectivity index (χ2v) is 4.10. The van der Waals surface area contributed by atoms with Gasteiger partial charge in [-0.05, 0) is 30.7 Å². The molecule has 2 aromatic heterocycles. The Morgan fingerprint density at radius 2 is 1.89 bits per heavy atom. The van der Waals surface area contributed by atoms with Crippen LogP contribution in [0.3, 0.4) is 0 Å². The molecule has 0 saturated carbocycles. The van der Waals surface area contributed by atoms with E-state index in [2.05, 4.69) is 9.97 Å². The van der Waals surface area contributed by atoms with Gasteiger partial charge in [-0.25, -0.2) is 9.97 Å². The van der Waals surface area contributed by atoms with Gasteiger partial charge in [0.2, 0.25) is 0 Å². The van der Waals surface area contributed by atoms with E-state index in [0.717, 1.165) is 23.0 Å². The third kappa shape index (κ3) is 1.98. The molecule has 2 heterocycles. The van der Waals surface area contributed by atoms with Crippen molar-refractivity contribution in [1.82, 2.24) is 9.97 Å². The number of rotatable bonds is 3. The zero-order valence-electron chi connectivity index (χ0n) is 9.84. The quantitative estimate of drug-likeness (QED) is 0.762. The van der Waals surface area contributed by atoms with Crippen molar-refractivity contribution in [2.45, 2.75) is 6.42 Å². The summed E-state index contributed by atoms with van der Waals surface area (Å²) in [6.45, 7) is 0.605. The maximum atomic E-state index is 5.70. The minimum atomic E-state index is 0.604. The summed E-state index contributed by atoms with van der Waals surface area (Å²) in [6.07, 6.45) is 4.38. The lowest BCUT2D eigenvalue weighted by Crippen LogP contribution is -2.03. The van der Waals surface area contributed by atoms with Crippen LogP contribution in [0.15, 0.2) is 47.1 Å². The van der Waals surface area contributed by atoms with Gasteiger partial charge in [-0.2, -0.15) is 0 Å². The van der Waals surface area contributed by atoms with Crippen LogP contribution in [-0.2, 0) is 6.42 Å². The number of hydrogen-bond donors (Lipinski definition) is 1. The van der Waals surface area contributed by atoms with Crippen molar-refractivity contribution in [1.29, 1.82) is 0 Å². The van der Waals surface area contributed by atoms with E-state index in [4.69, 9.17) is 10.2 Å². The number of aromatic nitrogens is 2. The average Bonchev–Trinajstić information content (AvgIpc) is 2.84. The molecular formula is C14H13N3O. The van der Waals surface area contributed by atoms with E-state index in [1.165, 1.54) is 0 Å². The predicted molar refractivity (Wildman–Crippen MR) is 70.0 cm³/mol. The van der Waals surface area contributed by atoms with E-state index in [1.54, 1.807) is 12.4 Å². The Bertz CT molecular complexity index is 625. The molecule has 0 spiro atoms. The Morgan fingerprint density at radius 3 is 2.61 bits per heavy atom. The van der Waals surface area contributed by atoms with Gasteiger partial charge < -0.3 is 10.2 Å². The SMILES string of the molecule is NCCc1cnc(-c2cc3ccccc3o2)nc1. The Morgan fingerprint density at radius 1 is 1.11 bits per heavy atom. The first-order valence-corrected chi connectivity index (χ1v) is 5.87. The summed E-state index contributed by atoms with van der Waals surface area (Å²) >= 11 is 0. The summed E-state index contributed by atoms with van der Waals surface area (Å²) in [6, 6.07) is 9.81. The summed E-state index contributed by atoms with van der Waals surface area (Å²) in [7, 11) is 0. The third-order valence-electron chi connectivity index (χ3n) is 2.78. The van der Waals surface area contributed by atoms with Crippen LogP contribution in [0.25, 0.3) is 22.6 Å². The van der Waals surface area contributed by atoms with Gasteiger partial charge in [0.05, 0.1) is 0 Å². The van der Waals surface area contributed by atoms with Gasteiger partial charge in [0, 0.05) is 17.8 Å². The Kier molecular flexibility index (Phi) is 2.78.